The second-order valence-electron chi connectivity index (χ2n) is 6.43. The average molecular weight is 341 g/mol. The number of hydrogen-bond acceptors (Lipinski definition) is 4. The molecule has 0 saturated heterocycles. The van der Waals surface area contributed by atoms with Gasteiger partial charge in [-0.1, -0.05) is 38.1 Å². The van der Waals surface area contributed by atoms with E-state index in [9.17, 15) is 0 Å². The van der Waals surface area contributed by atoms with Gasteiger partial charge in [0, 0.05) is 18.0 Å². The van der Waals surface area contributed by atoms with Crippen molar-refractivity contribution in [3.05, 3.63) is 78.6 Å². The van der Waals surface area contributed by atoms with E-state index in [1.165, 1.54) is 5.56 Å². The molecule has 4 rings (SSSR count). The Hall–Kier alpha value is -3.27. The molecule has 128 valence electrons. The van der Waals surface area contributed by atoms with Gasteiger partial charge in [0.1, 0.15) is 5.75 Å². The van der Waals surface area contributed by atoms with Crippen LogP contribution in [0, 0.1) is 0 Å². The van der Waals surface area contributed by atoms with Gasteiger partial charge in [0.05, 0.1) is 10.9 Å². The largest absolute Gasteiger partial charge is 0.438 e. The molecular weight excluding hydrogens is 322 g/mol. The molecule has 0 atom stereocenters. The van der Waals surface area contributed by atoms with E-state index in [0.717, 1.165) is 22.2 Å². The minimum Gasteiger partial charge on any atom is -0.438 e. The summed E-state index contributed by atoms with van der Waals surface area (Å²) in [6.45, 7) is 4.35. The van der Waals surface area contributed by atoms with Crippen molar-refractivity contribution in [1.29, 1.82) is 0 Å². The molecule has 0 bridgehead atoms. The smallest absolute Gasteiger partial charge is 0.230 e. The normalized spacial score (nSPS) is 11.0. The summed E-state index contributed by atoms with van der Waals surface area (Å²) >= 11 is 0. The highest BCUT2D eigenvalue weighted by atomic mass is 16.5. The van der Waals surface area contributed by atoms with E-state index in [1.54, 1.807) is 12.4 Å². The molecule has 0 saturated carbocycles. The van der Waals surface area contributed by atoms with Gasteiger partial charge in [0.15, 0.2) is 5.82 Å². The highest BCUT2D eigenvalue weighted by molar-refractivity contribution is 5.85. The summed E-state index contributed by atoms with van der Waals surface area (Å²) in [6, 6.07) is 19.8. The topological polar surface area (TPSA) is 47.9 Å². The maximum absolute atomic E-state index is 6.12. The number of fused-ring (bicyclic) bond motifs is 1. The number of benzene rings is 2. The van der Waals surface area contributed by atoms with Crippen LogP contribution in [0.2, 0.25) is 0 Å². The van der Waals surface area contributed by atoms with Gasteiger partial charge in [0.2, 0.25) is 5.88 Å². The molecule has 4 heteroatoms. The van der Waals surface area contributed by atoms with Crippen molar-refractivity contribution in [3.63, 3.8) is 0 Å². The highest BCUT2D eigenvalue weighted by Crippen LogP contribution is 2.30. The maximum Gasteiger partial charge on any atom is 0.230 e. The van der Waals surface area contributed by atoms with Crippen LogP contribution in [0.1, 0.15) is 25.3 Å². The van der Waals surface area contributed by atoms with Crippen molar-refractivity contribution in [1.82, 2.24) is 15.0 Å². The fraction of sp³-hybridized carbons (Fsp3) is 0.136. The minimum absolute atomic E-state index is 0.488. The van der Waals surface area contributed by atoms with Crippen LogP contribution in [-0.2, 0) is 0 Å². The van der Waals surface area contributed by atoms with E-state index in [4.69, 9.17) is 4.74 Å². The van der Waals surface area contributed by atoms with Gasteiger partial charge in [-0.05, 0) is 47.9 Å². The fourth-order valence-electron chi connectivity index (χ4n) is 2.79. The third-order valence-electron chi connectivity index (χ3n) is 4.27. The lowest BCUT2D eigenvalue weighted by atomic mass is 10.0. The summed E-state index contributed by atoms with van der Waals surface area (Å²) in [6.07, 6.45) is 3.47. The van der Waals surface area contributed by atoms with Crippen molar-refractivity contribution in [3.8, 4) is 23.0 Å². The van der Waals surface area contributed by atoms with Crippen molar-refractivity contribution < 1.29 is 4.74 Å². The Morgan fingerprint density at radius 2 is 1.54 bits per heavy atom. The zero-order chi connectivity index (χ0) is 17.9. The molecule has 0 spiro atoms. The molecule has 4 nitrogen and oxygen atoms in total. The van der Waals surface area contributed by atoms with Crippen molar-refractivity contribution in [2.45, 2.75) is 19.8 Å². The first kappa shape index (κ1) is 16.2. The molecule has 0 aliphatic rings. The van der Waals surface area contributed by atoms with E-state index in [-0.39, 0.29) is 0 Å². The predicted octanol–water partition coefficient (Wildman–Crippen LogP) is 5.61. The lowest BCUT2D eigenvalue weighted by molar-refractivity contribution is 0.468. The lowest BCUT2D eigenvalue weighted by Crippen LogP contribution is -1.96. The van der Waals surface area contributed by atoms with Crippen LogP contribution >= 0.6 is 0 Å². The quantitative estimate of drug-likeness (QED) is 0.484. The number of nitrogens with zero attached hydrogens (tertiary/aromatic N) is 3. The average Bonchev–Trinajstić information content (AvgIpc) is 2.69. The Kier molecular flexibility index (Phi) is 4.32. The first-order valence-corrected chi connectivity index (χ1v) is 8.66. The third kappa shape index (κ3) is 3.26. The van der Waals surface area contributed by atoms with Crippen LogP contribution < -0.4 is 4.74 Å². The minimum atomic E-state index is 0.488. The molecule has 0 unspecified atom stereocenters. The van der Waals surface area contributed by atoms with Gasteiger partial charge in [-0.2, -0.15) is 4.98 Å². The number of rotatable bonds is 4. The Balaban J connectivity index is 1.78. The van der Waals surface area contributed by atoms with E-state index in [1.807, 2.05) is 48.5 Å². The van der Waals surface area contributed by atoms with Crippen LogP contribution in [0.25, 0.3) is 22.3 Å². The summed E-state index contributed by atoms with van der Waals surface area (Å²) < 4.78 is 6.12. The van der Waals surface area contributed by atoms with Gasteiger partial charge in [-0.3, -0.25) is 4.98 Å². The maximum atomic E-state index is 6.12. The van der Waals surface area contributed by atoms with Gasteiger partial charge >= 0.3 is 0 Å². The first-order valence-electron chi connectivity index (χ1n) is 8.66. The summed E-state index contributed by atoms with van der Waals surface area (Å²) in [5, 5.41) is 0.887. The van der Waals surface area contributed by atoms with E-state index < -0.39 is 0 Å². The first-order chi connectivity index (χ1) is 12.7. The summed E-state index contributed by atoms with van der Waals surface area (Å²) in [5.41, 5.74) is 3.04. The van der Waals surface area contributed by atoms with Gasteiger partial charge in [-0.15, -0.1) is 0 Å². The number of ether oxygens (including phenoxy) is 1. The number of para-hydroxylation sites is 1. The molecule has 4 aromatic rings. The van der Waals surface area contributed by atoms with Crippen LogP contribution in [0.5, 0.6) is 11.6 Å². The van der Waals surface area contributed by atoms with Crippen molar-refractivity contribution in [2.75, 3.05) is 0 Å². The van der Waals surface area contributed by atoms with E-state index >= 15 is 0 Å². The van der Waals surface area contributed by atoms with Crippen LogP contribution in [0.3, 0.4) is 0 Å². The molecule has 2 aromatic heterocycles. The van der Waals surface area contributed by atoms with Gasteiger partial charge in [-0.25, -0.2) is 4.98 Å². The molecular formula is C22H19N3O. The summed E-state index contributed by atoms with van der Waals surface area (Å²) in [4.78, 5) is 13.4. The molecule has 0 aliphatic carbocycles. The van der Waals surface area contributed by atoms with Crippen molar-refractivity contribution >= 4 is 10.9 Å². The molecule has 0 N–H and O–H groups in total. The third-order valence-corrected chi connectivity index (χ3v) is 4.27. The van der Waals surface area contributed by atoms with Gasteiger partial charge < -0.3 is 4.74 Å². The van der Waals surface area contributed by atoms with Crippen LogP contribution in [0.15, 0.2) is 73.1 Å². The molecule has 0 aliphatic heterocycles. The van der Waals surface area contributed by atoms with Crippen LogP contribution in [-0.4, -0.2) is 15.0 Å². The van der Waals surface area contributed by atoms with Crippen LogP contribution in [0.4, 0.5) is 0 Å². The zero-order valence-corrected chi connectivity index (χ0v) is 14.8. The fourth-order valence-corrected chi connectivity index (χ4v) is 2.79. The number of hydrogen-bond donors (Lipinski definition) is 0. The standard InChI is InChI=1S/C22H19N3O/c1-15(2)16-7-9-18(10-8-16)26-22-19-5-3-4-6-20(19)24-21(25-22)17-11-13-23-14-12-17/h3-15H,1-2H3. The molecule has 0 fully saturated rings. The summed E-state index contributed by atoms with van der Waals surface area (Å²) in [7, 11) is 0. The Labute approximate surface area is 152 Å². The van der Waals surface area contributed by atoms with E-state index in [0.29, 0.717) is 17.6 Å². The second kappa shape index (κ2) is 6.92. The summed E-state index contributed by atoms with van der Waals surface area (Å²) in [5.74, 6) is 2.43. The number of pyridine rings is 1. The Morgan fingerprint density at radius 1 is 0.808 bits per heavy atom. The molecule has 2 heterocycles. The lowest BCUT2D eigenvalue weighted by Gasteiger charge is -2.11. The van der Waals surface area contributed by atoms with Gasteiger partial charge in [0.25, 0.3) is 0 Å². The Bertz CT molecular complexity index is 1030. The molecule has 0 radical (unpaired) electrons. The zero-order valence-electron chi connectivity index (χ0n) is 14.8. The number of aromatic nitrogens is 3. The highest BCUT2D eigenvalue weighted by Gasteiger charge is 2.11. The second-order valence-corrected chi connectivity index (χ2v) is 6.43. The predicted molar refractivity (Wildman–Crippen MR) is 103 cm³/mol. The molecule has 0 amide bonds. The monoisotopic (exact) mass is 341 g/mol. The SMILES string of the molecule is CC(C)c1ccc(Oc2nc(-c3ccncc3)nc3ccccc23)cc1. The molecule has 26 heavy (non-hydrogen) atoms. The van der Waals surface area contributed by atoms with Crippen molar-refractivity contribution in [2.24, 2.45) is 0 Å². The molecule has 2 aromatic carbocycles. The van der Waals surface area contributed by atoms with E-state index in [2.05, 4.69) is 40.9 Å². The Morgan fingerprint density at radius 3 is 2.27 bits per heavy atom.